The number of carboxylic acids is 1. The van der Waals surface area contributed by atoms with Crippen molar-refractivity contribution in [2.24, 2.45) is 5.92 Å². The summed E-state index contributed by atoms with van der Waals surface area (Å²) in [6, 6.07) is 2.84. The minimum absolute atomic E-state index is 0.0427. The maximum Gasteiger partial charge on any atom is 0.391 e. The summed E-state index contributed by atoms with van der Waals surface area (Å²) >= 11 is 0. The quantitative estimate of drug-likeness (QED) is 0.512. The molecule has 1 aliphatic heterocycles. The molecule has 1 saturated heterocycles. The maximum absolute atomic E-state index is 13.4. The number of nitrogens with two attached hydrogens (primary N) is 1. The Morgan fingerprint density at radius 3 is 2.25 bits per heavy atom. The fraction of sp³-hybridized carbons (Fsp3) is 0.632. The van der Waals surface area contributed by atoms with Crippen molar-refractivity contribution in [3.8, 4) is 0 Å². The van der Waals surface area contributed by atoms with Crippen LogP contribution >= 0.6 is 0 Å². The van der Waals surface area contributed by atoms with Crippen molar-refractivity contribution in [2.45, 2.75) is 56.9 Å². The molecule has 1 heterocycles. The fourth-order valence-corrected chi connectivity index (χ4v) is 4.04. The predicted molar refractivity (Wildman–Crippen MR) is 99.6 cm³/mol. The first-order valence-corrected chi connectivity index (χ1v) is 9.54. The number of nitrogens with one attached hydrogen (secondary N) is 1. The van der Waals surface area contributed by atoms with Crippen LogP contribution in [0.1, 0.15) is 48.9 Å². The van der Waals surface area contributed by atoms with Gasteiger partial charge in [-0.2, -0.15) is 13.2 Å². The van der Waals surface area contributed by atoms with Crippen LogP contribution in [0.3, 0.4) is 0 Å². The van der Waals surface area contributed by atoms with E-state index in [4.69, 9.17) is 5.73 Å². The summed E-state index contributed by atoms with van der Waals surface area (Å²) in [6.45, 7) is 0.809. The number of rotatable bonds is 4. The molecule has 0 spiro atoms. The standard InChI is InChI=1S/C19H25F4N3O2/c20-12-5-7-26(8-6-12)17-10-16(15(24)9-14(17)18(27)28)25-13-3-1-11(2-4-13)19(21,22)23/h9-13,25H,1-8,24H2,(H,27,28). The van der Waals surface area contributed by atoms with Crippen LogP contribution < -0.4 is 16.0 Å². The number of piperidine rings is 1. The van der Waals surface area contributed by atoms with Gasteiger partial charge in [0.1, 0.15) is 6.17 Å². The van der Waals surface area contributed by atoms with Gasteiger partial charge in [-0.15, -0.1) is 0 Å². The first-order valence-electron chi connectivity index (χ1n) is 9.54. The molecule has 4 N–H and O–H groups in total. The molecule has 0 amide bonds. The molecule has 0 atom stereocenters. The van der Waals surface area contributed by atoms with Crippen molar-refractivity contribution >= 4 is 23.0 Å². The lowest BCUT2D eigenvalue weighted by Crippen LogP contribution is -2.35. The zero-order valence-corrected chi connectivity index (χ0v) is 15.4. The molecule has 2 aliphatic rings. The average Bonchev–Trinajstić information content (AvgIpc) is 2.63. The number of hydrogen-bond acceptors (Lipinski definition) is 4. The molecule has 1 aliphatic carbocycles. The lowest BCUT2D eigenvalue weighted by atomic mass is 9.85. The van der Waals surface area contributed by atoms with Crippen LogP contribution in [0.15, 0.2) is 12.1 Å². The van der Waals surface area contributed by atoms with E-state index in [-0.39, 0.29) is 30.1 Å². The van der Waals surface area contributed by atoms with Crippen molar-refractivity contribution in [3.63, 3.8) is 0 Å². The van der Waals surface area contributed by atoms with Crippen LogP contribution in [0.5, 0.6) is 0 Å². The molecule has 0 bridgehead atoms. The van der Waals surface area contributed by atoms with Crippen LogP contribution in [0.25, 0.3) is 0 Å². The Labute approximate surface area is 160 Å². The minimum Gasteiger partial charge on any atom is -0.478 e. The van der Waals surface area contributed by atoms with Crippen molar-refractivity contribution in [2.75, 3.05) is 29.0 Å². The largest absolute Gasteiger partial charge is 0.478 e. The number of halogens is 4. The highest BCUT2D eigenvalue weighted by Crippen LogP contribution is 2.39. The van der Waals surface area contributed by atoms with Crippen molar-refractivity contribution < 1.29 is 27.5 Å². The Hall–Kier alpha value is -2.19. The van der Waals surface area contributed by atoms with E-state index in [2.05, 4.69) is 5.32 Å². The number of nitrogen functional groups attached to an aromatic ring is 1. The van der Waals surface area contributed by atoms with Gasteiger partial charge >= 0.3 is 12.1 Å². The molecule has 2 fully saturated rings. The Balaban J connectivity index is 1.76. The lowest BCUT2D eigenvalue weighted by Gasteiger charge is -2.33. The third-order valence-electron chi connectivity index (χ3n) is 5.71. The molecule has 0 aromatic heterocycles. The zero-order valence-electron chi connectivity index (χ0n) is 15.4. The molecule has 1 aromatic rings. The van der Waals surface area contributed by atoms with Gasteiger partial charge in [-0.05, 0) is 50.7 Å². The summed E-state index contributed by atoms with van der Waals surface area (Å²) in [4.78, 5) is 13.5. The number of carbonyl (C=O) groups is 1. The lowest BCUT2D eigenvalue weighted by molar-refractivity contribution is -0.182. The van der Waals surface area contributed by atoms with Gasteiger partial charge in [0, 0.05) is 19.1 Å². The van der Waals surface area contributed by atoms with Crippen molar-refractivity contribution in [1.29, 1.82) is 0 Å². The molecule has 5 nitrogen and oxygen atoms in total. The van der Waals surface area contributed by atoms with E-state index >= 15 is 0 Å². The summed E-state index contributed by atoms with van der Waals surface area (Å²) in [5.41, 5.74) is 7.26. The molecular weight excluding hydrogens is 378 g/mol. The normalized spacial score (nSPS) is 24.2. The first kappa shape index (κ1) is 20.5. The molecule has 9 heteroatoms. The number of carboxylic acid groups (broad SMARTS) is 1. The topological polar surface area (TPSA) is 78.6 Å². The summed E-state index contributed by atoms with van der Waals surface area (Å²) in [6.07, 6.45) is -3.54. The minimum atomic E-state index is -4.16. The Kier molecular flexibility index (Phi) is 5.90. The number of hydrogen-bond donors (Lipinski definition) is 3. The summed E-state index contributed by atoms with van der Waals surface area (Å²) < 4.78 is 52.0. The molecule has 3 rings (SSSR count). The third kappa shape index (κ3) is 4.62. The summed E-state index contributed by atoms with van der Waals surface area (Å²) in [7, 11) is 0. The molecule has 0 unspecified atom stereocenters. The van der Waals surface area contributed by atoms with Gasteiger partial charge < -0.3 is 21.1 Å². The molecule has 1 saturated carbocycles. The van der Waals surface area contributed by atoms with Crippen LogP contribution in [-0.4, -0.2) is 42.6 Å². The van der Waals surface area contributed by atoms with Gasteiger partial charge in [0.2, 0.25) is 0 Å². The van der Waals surface area contributed by atoms with Gasteiger partial charge in [-0.25, -0.2) is 9.18 Å². The van der Waals surface area contributed by atoms with Gasteiger partial charge in [-0.3, -0.25) is 0 Å². The van der Waals surface area contributed by atoms with E-state index in [1.165, 1.54) is 6.07 Å². The van der Waals surface area contributed by atoms with Crippen LogP contribution in [0.2, 0.25) is 0 Å². The van der Waals surface area contributed by atoms with Crippen molar-refractivity contribution in [3.05, 3.63) is 17.7 Å². The van der Waals surface area contributed by atoms with E-state index in [9.17, 15) is 27.5 Å². The summed E-state index contributed by atoms with van der Waals surface area (Å²) in [5.74, 6) is -2.39. The first-order chi connectivity index (χ1) is 13.1. The van der Waals surface area contributed by atoms with Crippen molar-refractivity contribution in [1.82, 2.24) is 0 Å². The molecule has 1 aromatic carbocycles. The molecule has 156 valence electrons. The number of alkyl halides is 4. The van der Waals surface area contributed by atoms with Crippen LogP contribution in [-0.2, 0) is 0 Å². The number of anilines is 3. The van der Waals surface area contributed by atoms with Gasteiger partial charge in [0.05, 0.1) is 28.5 Å². The third-order valence-corrected chi connectivity index (χ3v) is 5.71. The van der Waals surface area contributed by atoms with E-state index in [0.717, 1.165) is 0 Å². The second-order valence-electron chi connectivity index (χ2n) is 7.66. The average molecular weight is 403 g/mol. The maximum atomic E-state index is 13.4. The Bertz CT molecular complexity index is 710. The van der Waals surface area contributed by atoms with E-state index in [0.29, 0.717) is 50.1 Å². The van der Waals surface area contributed by atoms with Crippen LogP contribution in [0.4, 0.5) is 34.6 Å². The highest BCUT2D eigenvalue weighted by atomic mass is 19.4. The molecule has 0 radical (unpaired) electrons. The number of benzene rings is 1. The monoisotopic (exact) mass is 403 g/mol. The van der Waals surface area contributed by atoms with E-state index in [1.807, 2.05) is 4.90 Å². The molecular formula is C19H25F4N3O2. The second-order valence-corrected chi connectivity index (χ2v) is 7.66. The zero-order chi connectivity index (χ0) is 20.5. The Morgan fingerprint density at radius 1 is 1.11 bits per heavy atom. The number of nitrogens with zero attached hydrogens (tertiary/aromatic N) is 1. The Morgan fingerprint density at radius 2 is 1.71 bits per heavy atom. The summed E-state index contributed by atoms with van der Waals surface area (Å²) in [5, 5.41) is 12.7. The SMILES string of the molecule is Nc1cc(C(=O)O)c(N2CCC(F)CC2)cc1NC1CCC(C(F)(F)F)CC1. The van der Waals surface area contributed by atoms with Gasteiger partial charge in [-0.1, -0.05) is 0 Å². The highest BCUT2D eigenvalue weighted by molar-refractivity contribution is 5.97. The van der Waals surface area contributed by atoms with Gasteiger partial charge in [0.15, 0.2) is 0 Å². The number of aromatic carboxylic acids is 1. The van der Waals surface area contributed by atoms with E-state index < -0.39 is 24.2 Å². The van der Waals surface area contributed by atoms with Crippen LogP contribution in [0, 0.1) is 5.92 Å². The van der Waals surface area contributed by atoms with Gasteiger partial charge in [0.25, 0.3) is 0 Å². The smallest absolute Gasteiger partial charge is 0.391 e. The fourth-order valence-electron chi connectivity index (χ4n) is 4.04. The van der Waals surface area contributed by atoms with E-state index in [1.54, 1.807) is 6.07 Å². The highest BCUT2D eigenvalue weighted by Gasteiger charge is 2.41. The second kappa shape index (κ2) is 8.05. The predicted octanol–water partition coefficient (Wildman–Crippen LogP) is 4.44. The molecule has 28 heavy (non-hydrogen) atoms.